The van der Waals surface area contributed by atoms with Crippen LogP contribution in [0.15, 0.2) is 47.6 Å². The van der Waals surface area contributed by atoms with Crippen LogP contribution in [0.4, 0.5) is 13.6 Å². The summed E-state index contributed by atoms with van der Waals surface area (Å²) in [5.74, 6) is -1.98. The molecule has 0 radical (unpaired) electrons. The number of imidazole rings is 1. The molecule has 1 amide bonds. The number of rotatable bonds is 7. The van der Waals surface area contributed by atoms with E-state index in [1.807, 2.05) is 29.8 Å². The number of aromatic nitrogens is 2. The van der Waals surface area contributed by atoms with E-state index in [0.29, 0.717) is 23.9 Å². The molecule has 8 heteroatoms. The maximum absolute atomic E-state index is 13.9. The van der Waals surface area contributed by atoms with E-state index < -0.39 is 5.92 Å². The van der Waals surface area contributed by atoms with Crippen molar-refractivity contribution < 1.29 is 13.6 Å². The number of hydrazone groups is 1. The zero-order valence-electron chi connectivity index (χ0n) is 20.2. The van der Waals surface area contributed by atoms with Gasteiger partial charge in [0.25, 0.3) is 5.92 Å². The lowest BCUT2D eigenvalue weighted by Crippen LogP contribution is -2.37. The number of alkyl halides is 2. The fourth-order valence-corrected chi connectivity index (χ4v) is 5.31. The summed E-state index contributed by atoms with van der Waals surface area (Å²) in [5, 5.41) is 6.32. The normalized spacial score (nSPS) is 17.1. The highest BCUT2D eigenvalue weighted by Gasteiger charge is 2.31. The van der Waals surface area contributed by atoms with Gasteiger partial charge in [-0.1, -0.05) is 63.2 Å². The topological polar surface area (TPSA) is 50.5 Å². The van der Waals surface area contributed by atoms with E-state index in [1.165, 1.54) is 23.9 Å². The van der Waals surface area contributed by atoms with Gasteiger partial charge in [0, 0.05) is 37.2 Å². The number of halogens is 2. The minimum absolute atomic E-state index is 0.00925. The summed E-state index contributed by atoms with van der Waals surface area (Å²) < 4.78 is 29.7. The third-order valence-electron chi connectivity index (χ3n) is 5.88. The van der Waals surface area contributed by atoms with Crippen LogP contribution in [0.2, 0.25) is 0 Å². The van der Waals surface area contributed by atoms with Gasteiger partial charge in [-0.05, 0) is 30.5 Å². The smallest absolute Gasteiger partial charge is 0.302 e. The minimum atomic E-state index is -2.92. The Hall–Kier alpha value is -2.74. The van der Waals surface area contributed by atoms with Gasteiger partial charge in [-0.2, -0.15) is 5.10 Å². The van der Waals surface area contributed by atoms with E-state index in [2.05, 4.69) is 20.8 Å². The fraction of sp³-hybridized carbons (Fsp3) is 0.423. The monoisotopic (exact) mass is 484 g/mol. The van der Waals surface area contributed by atoms with Gasteiger partial charge in [-0.3, -0.25) is 4.79 Å². The molecule has 0 bridgehead atoms. The second-order valence-electron chi connectivity index (χ2n) is 9.29. The quantitative estimate of drug-likeness (QED) is 0.361. The number of aryl methyl sites for hydroxylation is 1. The molecule has 180 valence electrons. The van der Waals surface area contributed by atoms with Crippen molar-refractivity contribution in [3.05, 3.63) is 53.6 Å². The predicted molar refractivity (Wildman–Crippen MR) is 135 cm³/mol. The van der Waals surface area contributed by atoms with Crippen LogP contribution in [-0.4, -0.2) is 37.3 Å². The third kappa shape index (κ3) is 4.87. The largest absolute Gasteiger partial charge is 0.327 e. The number of amides is 1. The molecule has 34 heavy (non-hydrogen) atoms. The second kappa shape index (κ2) is 9.49. The predicted octanol–water partition coefficient (Wildman–Crippen LogP) is 7.05. The molecule has 1 aromatic heterocycles. The molecule has 0 N–H and O–H groups in total. The molecular weight excluding hydrogens is 454 g/mol. The van der Waals surface area contributed by atoms with Crippen LogP contribution >= 0.6 is 11.8 Å². The minimum Gasteiger partial charge on any atom is -0.327 e. The number of thioether (sulfide) groups is 1. The Balaban J connectivity index is 1.77. The summed E-state index contributed by atoms with van der Waals surface area (Å²) in [4.78, 5) is 17.4. The van der Waals surface area contributed by atoms with Crippen molar-refractivity contribution in [3.8, 4) is 11.4 Å². The Kier molecular flexibility index (Phi) is 6.80. The summed E-state index contributed by atoms with van der Waals surface area (Å²) >= 11 is 1.34. The molecular formula is C26H30F2N4OS. The highest BCUT2D eigenvalue weighted by molar-refractivity contribution is 8.14. The first-order valence-electron chi connectivity index (χ1n) is 11.6. The van der Waals surface area contributed by atoms with Gasteiger partial charge < -0.3 is 4.57 Å². The zero-order valence-corrected chi connectivity index (χ0v) is 21.0. The van der Waals surface area contributed by atoms with Crippen LogP contribution in [0.25, 0.3) is 22.4 Å². The SMILES string of the molecule is CCCC1SC(=O)N(CC(C)C)N=C1c1ccc2c(c1)nc(-c1cccc(C(C)(F)F)c1)n2C. The maximum atomic E-state index is 13.9. The summed E-state index contributed by atoms with van der Waals surface area (Å²) in [6.07, 6.45) is 1.80. The summed E-state index contributed by atoms with van der Waals surface area (Å²) in [6.45, 7) is 7.70. The Bertz CT molecular complexity index is 1250. The van der Waals surface area contributed by atoms with Gasteiger partial charge in [0.2, 0.25) is 0 Å². The van der Waals surface area contributed by atoms with Crippen molar-refractivity contribution in [1.82, 2.24) is 14.6 Å². The number of carbonyl (C=O) groups excluding carboxylic acids is 1. The van der Waals surface area contributed by atoms with Crippen LogP contribution in [-0.2, 0) is 13.0 Å². The van der Waals surface area contributed by atoms with E-state index in [0.717, 1.165) is 42.1 Å². The molecule has 2 heterocycles. The lowest BCUT2D eigenvalue weighted by molar-refractivity contribution is 0.0175. The Labute approximate surface area is 203 Å². The molecule has 0 spiro atoms. The molecule has 5 nitrogen and oxygen atoms in total. The summed E-state index contributed by atoms with van der Waals surface area (Å²) in [7, 11) is 1.89. The molecule has 1 aliphatic rings. The highest BCUT2D eigenvalue weighted by Crippen LogP contribution is 2.33. The van der Waals surface area contributed by atoms with Crippen molar-refractivity contribution in [2.75, 3.05) is 6.54 Å². The lowest BCUT2D eigenvalue weighted by Gasteiger charge is -2.29. The van der Waals surface area contributed by atoms with Crippen molar-refractivity contribution >= 4 is 33.7 Å². The van der Waals surface area contributed by atoms with E-state index in [1.54, 1.807) is 17.1 Å². The van der Waals surface area contributed by atoms with Crippen LogP contribution in [0.3, 0.4) is 0 Å². The standard InChI is InChI=1S/C26H30F2N4OS/c1-6-8-22-23(30-32(15-16(2)3)25(33)34-22)17-11-12-21-20(14-17)29-24(31(21)5)18-9-7-10-19(13-18)26(4,27)28/h7,9-14,16,22H,6,8,15H2,1-5H3. The van der Waals surface area contributed by atoms with Gasteiger partial charge in [-0.25, -0.2) is 18.8 Å². The Morgan fingerprint density at radius 3 is 2.59 bits per heavy atom. The molecule has 3 aromatic rings. The number of hydrogen-bond donors (Lipinski definition) is 0. The number of benzene rings is 2. The van der Waals surface area contributed by atoms with Crippen LogP contribution in [0.5, 0.6) is 0 Å². The van der Waals surface area contributed by atoms with Gasteiger partial charge in [0.1, 0.15) is 5.82 Å². The molecule has 0 saturated carbocycles. The average molecular weight is 485 g/mol. The maximum Gasteiger partial charge on any atom is 0.302 e. The van der Waals surface area contributed by atoms with E-state index in [4.69, 9.17) is 10.1 Å². The van der Waals surface area contributed by atoms with Crippen molar-refractivity contribution in [1.29, 1.82) is 0 Å². The van der Waals surface area contributed by atoms with Crippen LogP contribution in [0, 0.1) is 5.92 Å². The Morgan fingerprint density at radius 1 is 1.15 bits per heavy atom. The van der Waals surface area contributed by atoms with Crippen molar-refractivity contribution in [2.24, 2.45) is 18.1 Å². The first kappa shape index (κ1) is 24.4. The first-order chi connectivity index (χ1) is 16.1. The second-order valence-corrected chi connectivity index (χ2v) is 10.4. The molecule has 1 unspecified atom stereocenters. The van der Waals surface area contributed by atoms with E-state index >= 15 is 0 Å². The number of carbonyl (C=O) groups is 1. The van der Waals surface area contributed by atoms with E-state index in [-0.39, 0.29) is 16.1 Å². The molecule has 2 aromatic carbocycles. The molecule has 1 atom stereocenters. The number of fused-ring (bicyclic) bond motifs is 1. The van der Waals surface area contributed by atoms with Gasteiger partial charge in [0.15, 0.2) is 0 Å². The average Bonchev–Trinajstić information content (AvgIpc) is 3.11. The summed E-state index contributed by atoms with van der Waals surface area (Å²) in [5.41, 5.74) is 4.08. The van der Waals surface area contributed by atoms with Gasteiger partial charge in [0.05, 0.1) is 22.0 Å². The lowest BCUT2D eigenvalue weighted by atomic mass is 10.0. The highest BCUT2D eigenvalue weighted by atomic mass is 32.2. The molecule has 4 rings (SSSR count). The van der Waals surface area contributed by atoms with Gasteiger partial charge in [-0.15, -0.1) is 0 Å². The van der Waals surface area contributed by atoms with Crippen molar-refractivity contribution in [3.63, 3.8) is 0 Å². The first-order valence-corrected chi connectivity index (χ1v) is 12.5. The molecule has 1 aliphatic heterocycles. The Morgan fingerprint density at radius 2 is 1.91 bits per heavy atom. The number of nitrogens with zero attached hydrogens (tertiary/aromatic N) is 4. The van der Waals surface area contributed by atoms with Gasteiger partial charge >= 0.3 is 5.24 Å². The molecule has 0 fully saturated rings. The number of hydrogen-bond acceptors (Lipinski definition) is 4. The molecule has 0 aliphatic carbocycles. The fourth-order valence-electron chi connectivity index (χ4n) is 4.18. The van der Waals surface area contributed by atoms with Crippen LogP contribution < -0.4 is 0 Å². The van der Waals surface area contributed by atoms with E-state index in [9.17, 15) is 13.6 Å². The van der Waals surface area contributed by atoms with Crippen molar-refractivity contribution in [2.45, 2.75) is 51.7 Å². The summed E-state index contributed by atoms with van der Waals surface area (Å²) in [6, 6.07) is 12.3. The molecule has 0 saturated heterocycles. The third-order valence-corrected chi connectivity index (χ3v) is 7.04. The zero-order chi connectivity index (χ0) is 24.6. The van der Waals surface area contributed by atoms with Crippen LogP contribution in [0.1, 0.15) is 51.7 Å².